The molecule has 0 aromatic heterocycles. The van der Waals surface area contributed by atoms with E-state index in [9.17, 15) is 5.11 Å². The predicted octanol–water partition coefficient (Wildman–Crippen LogP) is 4.47. The van der Waals surface area contributed by atoms with E-state index < -0.39 is 6.10 Å². The maximum absolute atomic E-state index is 10.4. The number of benzene rings is 2. The molecule has 2 aromatic rings. The Bertz CT molecular complexity index is 532. The highest BCUT2D eigenvalue weighted by Crippen LogP contribution is 2.34. The molecule has 0 aliphatic rings. The first-order chi connectivity index (χ1) is 9.13. The van der Waals surface area contributed by atoms with Crippen molar-refractivity contribution < 1.29 is 9.84 Å². The first-order valence-electron chi connectivity index (χ1n) is 5.98. The molecule has 4 heteroatoms. The smallest absolute Gasteiger partial charge is 0.119 e. The molecular weight excluding hydrogens is 283 g/mol. The monoisotopic (exact) mass is 296 g/mol. The minimum Gasteiger partial charge on any atom is -0.494 e. The van der Waals surface area contributed by atoms with Crippen LogP contribution < -0.4 is 4.74 Å². The molecular formula is C15H14Cl2O2. The highest BCUT2D eigenvalue weighted by Gasteiger charge is 2.17. The van der Waals surface area contributed by atoms with Crippen LogP contribution in [0.25, 0.3) is 0 Å². The number of aliphatic hydroxyl groups is 1. The van der Waals surface area contributed by atoms with Gasteiger partial charge in [-0.15, -0.1) is 0 Å². The first kappa shape index (κ1) is 14.2. The fourth-order valence-corrected chi connectivity index (χ4v) is 2.46. The second kappa shape index (κ2) is 6.29. The quantitative estimate of drug-likeness (QED) is 0.902. The van der Waals surface area contributed by atoms with Gasteiger partial charge in [-0.2, -0.15) is 0 Å². The molecule has 0 radical (unpaired) electrons. The summed E-state index contributed by atoms with van der Waals surface area (Å²) < 4.78 is 5.36. The molecule has 100 valence electrons. The zero-order valence-corrected chi connectivity index (χ0v) is 11.9. The minimum atomic E-state index is -0.850. The van der Waals surface area contributed by atoms with Gasteiger partial charge in [0.1, 0.15) is 11.9 Å². The molecule has 0 saturated carbocycles. The van der Waals surface area contributed by atoms with Crippen molar-refractivity contribution in [3.05, 3.63) is 63.6 Å². The van der Waals surface area contributed by atoms with E-state index in [1.807, 2.05) is 19.1 Å². The Labute approximate surface area is 122 Å². The summed E-state index contributed by atoms with van der Waals surface area (Å²) in [6.07, 6.45) is -0.850. The fraction of sp³-hybridized carbons (Fsp3) is 0.200. The van der Waals surface area contributed by atoms with Gasteiger partial charge in [0.15, 0.2) is 0 Å². The van der Waals surface area contributed by atoms with Crippen molar-refractivity contribution in [3.8, 4) is 5.75 Å². The summed E-state index contributed by atoms with van der Waals surface area (Å²) in [6, 6.07) is 12.4. The van der Waals surface area contributed by atoms with Gasteiger partial charge in [-0.05, 0) is 36.8 Å². The lowest BCUT2D eigenvalue weighted by Crippen LogP contribution is -2.01. The van der Waals surface area contributed by atoms with E-state index in [0.29, 0.717) is 22.2 Å². The zero-order chi connectivity index (χ0) is 13.8. The van der Waals surface area contributed by atoms with Crippen molar-refractivity contribution in [1.29, 1.82) is 0 Å². The second-order valence-corrected chi connectivity index (χ2v) is 4.85. The SMILES string of the molecule is CCOc1ccc(C(O)c2c(Cl)cccc2Cl)cc1. The maximum Gasteiger partial charge on any atom is 0.119 e. The van der Waals surface area contributed by atoms with Crippen LogP contribution in [-0.4, -0.2) is 11.7 Å². The number of hydrogen-bond acceptors (Lipinski definition) is 2. The first-order valence-corrected chi connectivity index (χ1v) is 6.73. The Balaban J connectivity index is 2.31. The van der Waals surface area contributed by atoms with Gasteiger partial charge < -0.3 is 9.84 Å². The third-order valence-electron chi connectivity index (χ3n) is 2.78. The molecule has 2 nitrogen and oxygen atoms in total. The van der Waals surface area contributed by atoms with Crippen LogP contribution >= 0.6 is 23.2 Å². The van der Waals surface area contributed by atoms with Crippen molar-refractivity contribution in [2.24, 2.45) is 0 Å². The van der Waals surface area contributed by atoms with Crippen molar-refractivity contribution in [3.63, 3.8) is 0 Å². The van der Waals surface area contributed by atoms with Crippen LogP contribution in [0.5, 0.6) is 5.75 Å². The van der Waals surface area contributed by atoms with E-state index in [2.05, 4.69) is 0 Å². The highest BCUT2D eigenvalue weighted by molar-refractivity contribution is 6.36. The molecule has 0 saturated heterocycles. The summed E-state index contributed by atoms with van der Waals surface area (Å²) in [4.78, 5) is 0. The average molecular weight is 297 g/mol. The third kappa shape index (κ3) is 3.21. The Morgan fingerprint density at radius 2 is 1.63 bits per heavy atom. The lowest BCUT2D eigenvalue weighted by molar-refractivity contribution is 0.220. The maximum atomic E-state index is 10.4. The van der Waals surface area contributed by atoms with Gasteiger partial charge in [-0.1, -0.05) is 41.4 Å². The molecule has 0 heterocycles. The molecule has 1 N–H and O–H groups in total. The van der Waals surface area contributed by atoms with E-state index in [4.69, 9.17) is 27.9 Å². The van der Waals surface area contributed by atoms with E-state index in [1.165, 1.54) is 0 Å². The molecule has 0 aliphatic heterocycles. The number of ether oxygens (including phenoxy) is 1. The van der Waals surface area contributed by atoms with Gasteiger partial charge in [-0.25, -0.2) is 0 Å². The van der Waals surface area contributed by atoms with Gasteiger partial charge in [0.25, 0.3) is 0 Å². The molecule has 19 heavy (non-hydrogen) atoms. The molecule has 0 spiro atoms. The predicted molar refractivity (Wildman–Crippen MR) is 78.1 cm³/mol. The second-order valence-electron chi connectivity index (χ2n) is 4.04. The minimum absolute atomic E-state index is 0.453. The Kier molecular flexibility index (Phi) is 4.70. The van der Waals surface area contributed by atoms with Gasteiger partial charge in [0.2, 0.25) is 0 Å². The molecule has 0 bridgehead atoms. The summed E-state index contributed by atoms with van der Waals surface area (Å²) in [6.45, 7) is 2.53. The molecule has 0 aliphatic carbocycles. The van der Waals surface area contributed by atoms with Crippen LogP contribution in [0.15, 0.2) is 42.5 Å². The van der Waals surface area contributed by atoms with Crippen molar-refractivity contribution in [1.82, 2.24) is 0 Å². The molecule has 1 unspecified atom stereocenters. The van der Waals surface area contributed by atoms with Crippen LogP contribution in [-0.2, 0) is 0 Å². The number of hydrogen-bond donors (Lipinski definition) is 1. The van der Waals surface area contributed by atoms with Gasteiger partial charge in [0, 0.05) is 15.6 Å². The van der Waals surface area contributed by atoms with Crippen LogP contribution in [0.1, 0.15) is 24.2 Å². The summed E-state index contributed by atoms with van der Waals surface area (Å²) >= 11 is 12.2. The number of aliphatic hydroxyl groups excluding tert-OH is 1. The van der Waals surface area contributed by atoms with Gasteiger partial charge in [0.05, 0.1) is 6.61 Å². The topological polar surface area (TPSA) is 29.5 Å². The van der Waals surface area contributed by atoms with Gasteiger partial charge in [-0.3, -0.25) is 0 Å². The lowest BCUT2D eigenvalue weighted by Gasteiger charge is -2.15. The Morgan fingerprint density at radius 3 is 2.16 bits per heavy atom. The van der Waals surface area contributed by atoms with Crippen molar-refractivity contribution >= 4 is 23.2 Å². The van der Waals surface area contributed by atoms with E-state index in [0.717, 1.165) is 11.3 Å². The standard InChI is InChI=1S/C15H14Cl2O2/c1-2-19-11-8-6-10(7-9-11)15(18)14-12(16)4-3-5-13(14)17/h3-9,15,18H,2H2,1H3. The zero-order valence-electron chi connectivity index (χ0n) is 10.4. The molecule has 0 amide bonds. The summed E-state index contributed by atoms with van der Waals surface area (Å²) in [5, 5.41) is 11.3. The van der Waals surface area contributed by atoms with E-state index in [-0.39, 0.29) is 0 Å². The van der Waals surface area contributed by atoms with Crippen LogP contribution in [0.2, 0.25) is 10.0 Å². The highest BCUT2D eigenvalue weighted by atomic mass is 35.5. The lowest BCUT2D eigenvalue weighted by atomic mass is 10.0. The van der Waals surface area contributed by atoms with Crippen molar-refractivity contribution in [2.45, 2.75) is 13.0 Å². The molecule has 2 rings (SSSR count). The molecule has 2 aromatic carbocycles. The van der Waals surface area contributed by atoms with Gasteiger partial charge >= 0.3 is 0 Å². The van der Waals surface area contributed by atoms with Crippen LogP contribution in [0.4, 0.5) is 0 Å². The third-order valence-corrected chi connectivity index (χ3v) is 3.44. The van der Waals surface area contributed by atoms with Crippen LogP contribution in [0.3, 0.4) is 0 Å². The normalized spacial score (nSPS) is 12.2. The molecule has 0 fully saturated rings. The number of rotatable bonds is 4. The Morgan fingerprint density at radius 1 is 1.05 bits per heavy atom. The largest absolute Gasteiger partial charge is 0.494 e. The van der Waals surface area contributed by atoms with Crippen molar-refractivity contribution in [2.75, 3.05) is 6.61 Å². The van der Waals surface area contributed by atoms with E-state index in [1.54, 1.807) is 30.3 Å². The summed E-state index contributed by atoms with van der Waals surface area (Å²) in [5.41, 5.74) is 1.24. The molecule has 1 atom stereocenters. The summed E-state index contributed by atoms with van der Waals surface area (Å²) in [5.74, 6) is 0.767. The Hall–Kier alpha value is -1.22. The van der Waals surface area contributed by atoms with E-state index >= 15 is 0 Å². The summed E-state index contributed by atoms with van der Waals surface area (Å²) in [7, 11) is 0. The number of halogens is 2. The fourth-order valence-electron chi connectivity index (χ4n) is 1.85. The van der Waals surface area contributed by atoms with Crippen LogP contribution in [0, 0.1) is 0 Å². The average Bonchev–Trinajstić information content (AvgIpc) is 2.39.